The molecule has 128 valence electrons. The van der Waals surface area contributed by atoms with Gasteiger partial charge in [-0.2, -0.15) is 0 Å². The van der Waals surface area contributed by atoms with Crippen molar-refractivity contribution < 1.29 is 4.55 Å². The molecular formula is C19H30N2OS. The Kier molecular flexibility index (Phi) is 5.36. The van der Waals surface area contributed by atoms with Crippen molar-refractivity contribution in [3.63, 3.8) is 0 Å². The maximum absolute atomic E-state index is 12.7. The second-order valence-corrected chi connectivity index (χ2v) is 10.2. The molecule has 2 aliphatic heterocycles. The third-order valence-corrected chi connectivity index (χ3v) is 6.82. The third kappa shape index (κ3) is 4.50. The highest BCUT2D eigenvalue weighted by Gasteiger charge is 2.39. The Balaban J connectivity index is 1.73. The van der Waals surface area contributed by atoms with Gasteiger partial charge in [0, 0.05) is 23.4 Å². The minimum Gasteiger partial charge on any atom is -0.598 e. The summed E-state index contributed by atoms with van der Waals surface area (Å²) in [6.45, 7) is 6.13. The highest BCUT2D eigenvalue weighted by Crippen LogP contribution is 2.34. The highest BCUT2D eigenvalue weighted by molar-refractivity contribution is 7.90. The van der Waals surface area contributed by atoms with Gasteiger partial charge in [-0.25, -0.2) is 0 Å². The molecule has 2 N–H and O–H groups in total. The van der Waals surface area contributed by atoms with E-state index in [9.17, 15) is 4.55 Å². The fraction of sp³-hybridized carbons (Fsp3) is 0.684. The number of fused-ring (bicyclic) bond motifs is 2. The smallest absolute Gasteiger partial charge is 0.136 e. The van der Waals surface area contributed by atoms with Crippen LogP contribution in [0, 0.1) is 5.92 Å². The van der Waals surface area contributed by atoms with Gasteiger partial charge in [-0.15, -0.1) is 4.72 Å². The molecule has 23 heavy (non-hydrogen) atoms. The van der Waals surface area contributed by atoms with Crippen molar-refractivity contribution in [3.8, 4) is 0 Å². The summed E-state index contributed by atoms with van der Waals surface area (Å²) in [6.07, 6.45) is 6.00. The zero-order valence-electron chi connectivity index (χ0n) is 14.5. The molecular weight excluding hydrogens is 304 g/mol. The van der Waals surface area contributed by atoms with Crippen LogP contribution in [0.4, 0.5) is 0 Å². The molecule has 1 aromatic carbocycles. The number of piperidine rings is 1. The molecule has 0 saturated carbocycles. The van der Waals surface area contributed by atoms with Crippen LogP contribution in [0.1, 0.15) is 52.0 Å². The van der Waals surface area contributed by atoms with Gasteiger partial charge in [0.05, 0.1) is 6.04 Å². The van der Waals surface area contributed by atoms with E-state index in [4.69, 9.17) is 0 Å². The molecule has 4 heteroatoms. The first kappa shape index (κ1) is 17.3. The molecule has 0 radical (unpaired) electrons. The molecule has 2 unspecified atom stereocenters. The van der Waals surface area contributed by atoms with Gasteiger partial charge in [0.25, 0.3) is 0 Å². The Labute approximate surface area is 143 Å². The van der Waals surface area contributed by atoms with E-state index in [-0.39, 0.29) is 4.75 Å². The molecule has 5 atom stereocenters. The first-order chi connectivity index (χ1) is 10.9. The summed E-state index contributed by atoms with van der Waals surface area (Å²) in [6, 6.07) is 12.3. The molecule has 1 aromatic rings. The van der Waals surface area contributed by atoms with Gasteiger partial charge in [0.2, 0.25) is 0 Å². The zero-order chi connectivity index (χ0) is 16.4. The highest BCUT2D eigenvalue weighted by atomic mass is 32.2. The average molecular weight is 335 g/mol. The summed E-state index contributed by atoms with van der Waals surface area (Å²) in [5, 5.41) is 3.72. The first-order valence-corrected chi connectivity index (χ1v) is 10.0. The van der Waals surface area contributed by atoms with Crippen LogP contribution < -0.4 is 10.0 Å². The lowest BCUT2D eigenvalue weighted by Gasteiger charge is -2.37. The molecule has 0 spiro atoms. The Bertz CT molecular complexity index is 490. The predicted octanol–water partition coefficient (Wildman–Crippen LogP) is 3.18. The fourth-order valence-corrected chi connectivity index (χ4v) is 4.82. The summed E-state index contributed by atoms with van der Waals surface area (Å²) in [4.78, 5) is 0. The molecule has 0 aliphatic carbocycles. The largest absolute Gasteiger partial charge is 0.598 e. The number of hydrogen-bond acceptors (Lipinski definition) is 3. The van der Waals surface area contributed by atoms with Crippen LogP contribution in [0.2, 0.25) is 0 Å². The second kappa shape index (κ2) is 7.14. The number of rotatable bonds is 5. The lowest BCUT2D eigenvalue weighted by atomic mass is 9.84. The van der Waals surface area contributed by atoms with Crippen molar-refractivity contribution in [1.82, 2.24) is 10.0 Å². The summed E-state index contributed by atoms with van der Waals surface area (Å²) >= 11 is -1.02. The molecule has 2 saturated heterocycles. The number of hydrogen-bond donors (Lipinski definition) is 2. The van der Waals surface area contributed by atoms with Crippen LogP contribution in [-0.4, -0.2) is 27.4 Å². The number of benzene rings is 1. The van der Waals surface area contributed by atoms with E-state index >= 15 is 0 Å². The van der Waals surface area contributed by atoms with E-state index < -0.39 is 11.4 Å². The van der Waals surface area contributed by atoms with E-state index in [0.29, 0.717) is 24.0 Å². The molecule has 3 rings (SSSR count). The van der Waals surface area contributed by atoms with Crippen molar-refractivity contribution in [2.75, 3.05) is 0 Å². The van der Waals surface area contributed by atoms with Gasteiger partial charge in [0.15, 0.2) is 0 Å². The van der Waals surface area contributed by atoms with Gasteiger partial charge in [0.1, 0.15) is 4.75 Å². The summed E-state index contributed by atoms with van der Waals surface area (Å²) in [7, 11) is 0. The SMILES string of the molecule is CC(C)(C)[S+]([O-])N[C@@H](Cc1ccccc1)C1C[C@H]2CC[C@@H](C1)N2. The minimum absolute atomic E-state index is 0.221. The summed E-state index contributed by atoms with van der Waals surface area (Å²) < 4.78 is 15.9. The van der Waals surface area contributed by atoms with Gasteiger partial charge in [-0.05, 0) is 64.4 Å². The van der Waals surface area contributed by atoms with Gasteiger partial charge < -0.3 is 9.87 Å². The standard InChI is InChI=1S/C19H30N2OS/c1-19(2,3)23(22)21-18(11-14-7-5-4-6-8-14)15-12-16-9-10-17(13-15)20-16/h4-8,15-18,20-21H,9-13H2,1-3H3/t15?,16-,17+,18-,23?/m0/s1. The molecule has 2 bridgehead atoms. The molecule has 0 amide bonds. The Morgan fingerprint density at radius 2 is 1.78 bits per heavy atom. The zero-order valence-corrected chi connectivity index (χ0v) is 15.4. The van der Waals surface area contributed by atoms with Gasteiger partial charge in [-0.1, -0.05) is 30.3 Å². The van der Waals surface area contributed by atoms with Gasteiger partial charge in [-0.3, -0.25) is 0 Å². The quantitative estimate of drug-likeness (QED) is 0.813. The van der Waals surface area contributed by atoms with Crippen LogP contribution >= 0.6 is 0 Å². The van der Waals surface area contributed by atoms with Crippen LogP contribution in [0.15, 0.2) is 30.3 Å². The summed E-state index contributed by atoms with van der Waals surface area (Å²) in [5.41, 5.74) is 1.33. The third-order valence-electron chi connectivity index (χ3n) is 5.19. The predicted molar refractivity (Wildman–Crippen MR) is 97.6 cm³/mol. The Morgan fingerprint density at radius 1 is 1.17 bits per heavy atom. The Morgan fingerprint density at radius 3 is 2.35 bits per heavy atom. The normalized spacial score (nSPS) is 30.2. The van der Waals surface area contributed by atoms with Crippen molar-refractivity contribution in [1.29, 1.82) is 0 Å². The van der Waals surface area contributed by atoms with Crippen molar-refractivity contribution in [3.05, 3.63) is 35.9 Å². The average Bonchev–Trinajstić information content (AvgIpc) is 2.85. The van der Waals surface area contributed by atoms with Crippen molar-refractivity contribution >= 4 is 11.4 Å². The van der Waals surface area contributed by atoms with Crippen molar-refractivity contribution in [2.45, 2.75) is 75.7 Å². The molecule has 0 aromatic heterocycles. The molecule has 3 nitrogen and oxygen atoms in total. The van der Waals surface area contributed by atoms with Crippen molar-refractivity contribution in [2.24, 2.45) is 5.92 Å². The van der Waals surface area contributed by atoms with Gasteiger partial charge >= 0.3 is 0 Å². The maximum Gasteiger partial charge on any atom is 0.136 e. The lowest BCUT2D eigenvalue weighted by molar-refractivity contribution is 0.248. The molecule has 2 aliphatic rings. The van der Waals surface area contributed by atoms with Crippen LogP contribution in [0.5, 0.6) is 0 Å². The van der Waals surface area contributed by atoms with E-state index in [1.165, 1.54) is 31.2 Å². The van der Waals surface area contributed by atoms with E-state index in [2.05, 4.69) is 40.4 Å². The number of nitrogens with one attached hydrogen (secondary N) is 2. The molecule has 2 fully saturated rings. The first-order valence-electron chi connectivity index (χ1n) is 8.90. The lowest BCUT2D eigenvalue weighted by Crippen LogP contribution is -2.52. The monoisotopic (exact) mass is 334 g/mol. The fourth-order valence-electron chi connectivity index (χ4n) is 3.92. The topological polar surface area (TPSA) is 47.1 Å². The molecule has 2 heterocycles. The van der Waals surface area contributed by atoms with Crippen LogP contribution in [-0.2, 0) is 17.8 Å². The van der Waals surface area contributed by atoms with E-state index in [1.54, 1.807) is 0 Å². The van der Waals surface area contributed by atoms with Crippen LogP contribution in [0.25, 0.3) is 0 Å². The summed E-state index contributed by atoms with van der Waals surface area (Å²) in [5.74, 6) is 0.611. The van der Waals surface area contributed by atoms with E-state index in [1.807, 2.05) is 20.8 Å². The minimum atomic E-state index is -1.02. The Hall–Kier alpha value is -0.550. The second-order valence-electron chi connectivity index (χ2n) is 8.16. The maximum atomic E-state index is 12.7. The van der Waals surface area contributed by atoms with E-state index in [0.717, 1.165) is 6.42 Å². The van der Waals surface area contributed by atoms with Crippen LogP contribution in [0.3, 0.4) is 0 Å².